The zero-order valence-corrected chi connectivity index (χ0v) is 11.3. The van der Waals surface area contributed by atoms with E-state index >= 15 is 0 Å². The SMILES string of the molecule is FC(F)CN(CCBr)c1nc2ccccc2s1. The van der Waals surface area contributed by atoms with E-state index in [2.05, 4.69) is 20.9 Å². The maximum absolute atomic E-state index is 12.5. The predicted molar refractivity (Wildman–Crippen MR) is 71.6 cm³/mol. The minimum absolute atomic E-state index is 0.272. The van der Waals surface area contributed by atoms with E-state index in [1.54, 1.807) is 4.90 Å². The minimum atomic E-state index is -2.35. The van der Waals surface area contributed by atoms with E-state index in [-0.39, 0.29) is 6.54 Å². The van der Waals surface area contributed by atoms with Gasteiger partial charge in [-0.1, -0.05) is 39.4 Å². The highest BCUT2D eigenvalue weighted by molar-refractivity contribution is 9.09. The molecule has 0 aliphatic carbocycles. The molecular formula is C11H11BrF2N2S. The average Bonchev–Trinajstić information content (AvgIpc) is 2.71. The highest BCUT2D eigenvalue weighted by Gasteiger charge is 2.15. The quantitative estimate of drug-likeness (QED) is 0.780. The summed E-state index contributed by atoms with van der Waals surface area (Å²) in [5.41, 5.74) is 0.862. The van der Waals surface area contributed by atoms with Crippen molar-refractivity contribution in [2.45, 2.75) is 6.43 Å². The van der Waals surface area contributed by atoms with Crippen LogP contribution in [0.5, 0.6) is 0 Å². The largest absolute Gasteiger partial charge is 0.341 e. The maximum Gasteiger partial charge on any atom is 0.255 e. The molecule has 0 atom stereocenters. The predicted octanol–water partition coefficient (Wildman–Crippen LogP) is 3.76. The number of halogens is 3. The third-order valence-corrected chi connectivity index (χ3v) is 3.72. The Morgan fingerprint density at radius 3 is 2.76 bits per heavy atom. The van der Waals surface area contributed by atoms with Crippen molar-refractivity contribution in [3.05, 3.63) is 24.3 Å². The first-order valence-electron chi connectivity index (χ1n) is 5.15. The van der Waals surface area contributed by atoms with Gasteiger partial charge in [0.1, 0.15) is 0 Å². The summed E-state index contributed by atoms with van der Waals surface area (Å²) in [4.78, 5) is 5.99. The molecule has 2 nitrogen and oxygen atoms in total. The molecule has 17 heavy (non-hydrogen) atoms. The summed E-state index contributed by atoms with van der Waals surface area (Å²) in [7, 11) is 0. The van der Waals surface area contributed by atoms with Crippen LogP contribution in [-0.2, 0) is 0 Å². The van der Waals surface area contributed by atoms with Gasteiger partial charge in [-0.3, -0.25) is 0 Å². The molecule has 1 heterocycles. The van der Waals surface area contributed by atoms with E-state index in [0.29, 0.717) is 17.0 Å². The van der Waals surface area contributed by atoms with Gasteiger partial charge in [0.25, 0.3) is 6.43 Å². The monoisotopic (exact) mass is 320 g/mol. The van der Waals surface area contributed by atoms with Crippen LogP contribution in [0.3, 0.4) is 0 Å². The number of para-hydroxylation sites is 1. The zero-order chi connectivity index (χ0) is 12.3. The number of aromatic nitrogens is 1. The van der Waals surface area contributed by atoms with Crippen LogP contribution in [0.4, 0.5) is 13.9 Å². The van der Waals surface area contributed by atoms with Crippen LogP contribution in [0.15, 0.2) is 24.3 Å². The van der Waals surface area contributed by atoms with Crippen molar-refractivity contribution in [3.63, 3.8) is 0 Å². The number of hydrogen-bond acceptors (Lipinski definition) is 3. The normalized spacial score (nSPS) is 11.3. The molecule has 0 fully saturated rings. The van der Waals surface area contributed by atoms with Crippen molar-refractivity contribution in [1.29, 1.82) is 0 Å². The van der Waals surface area contributed by atoms with Crippen LogP contribution >= 0.6 is 27.3 Å². The second kappa shape index (κ2) is 5.73. The lowest BCUT2D eigenvalue weighted by atomic mass is 10.3. The standard InChI is InChI=1S/C11H11BrF2N2S/c12-5-6-16(7-10(13)14)11-15-8-3-1-2-4-9(8)17-11/h1-4,10H,5-7H2. The lowest BCUT2D eigenvalue weighted by Gasteiger charge is -2.19. The Labute approximate surface area is 110 Å². The molecule has 1 aromatic carbocycles. The number of hydrogen-bond donors (Lipinski definition) is 0. The number of fused-ring (bicyclic) bond motifs is 1. The fourth-order valence-electron chi connectivity index (χ4n) is 1.53. The minimum Gasteiger partial charge on any atom is -0.341 e. The van der Waals surface area contributed by atoms with Gasteiger partial charge in [0, 0.05) is 11.9 Å². The molecule has 0 aliphatic heterocycles. The van der Waals surface area contributed by atoms with Gasteiger partial charge in [-0.15, -0.1) is 0 Å². The van der Waals surface area contributed by atoms with Crippen LogP contribution in [-0.4, -0.2) is 29.8 Å². The number of benzene rings is 1. The van der Waals surface area contributed by atoms with Crippen LogP contribution in [0.1, 0.15) is 0 Å². The number of thiazole rings is 1. The summed E-state index contributed by atoms with van der Waals surface area (Å²) in [6.45, 7) is 0.260. The van der Waals surface area contributed by atoms with Gasteiger partial charge in [0.15, 0.2) is 5.13 Å². The molecule has 0 amide bonds. The van der Waals surface area contributed by atoms with Crippen molar-refractivity contribution >= 4 is 42.6 Å². The van der Waals surface area contributed by atoms with Crippen molar-refractivity contribution in [1.82, 2.24) is 4.98 Å². The molecule has 0 spiro atoms. The Kier molecular flexibility index (Phi) is 4.28. The summed E-state index contributed by atoms with van der Waals surface area (Å²) >= 11 is 4.72. The van der Waals surface area contributed by atoms with Crippen LogP contribution in [0.2, 0.25) is 0 Å². The Morgan fingerprint density at radius 1 is 1.35 bits per heavy atom. The molecule has 0 unspecified atom stereocenters. The Bertz CT molecular complexity index is 456. The van der Waals surface area contributed by atoms with Gasteiger partial charge >= 0.3 is 0 Å². The first-order chi connectivity index (χ1) is 8.20. The van der Waals surface area contributed by atoms with E-state index < -0.39 is 6.43 Å². The topological polar surface area (TPSA) is 16.1 Å². The lowest BCUT2D eigenvalue weighted by molar-refractivity contribution is 0.155. The van der Waals surface area contributed by atoms with Gasteiger partial charge < -0.3 is 4.90 Å². The smallest absolute Gasteiger partial charge is 0.255 e. The number of alkyl halides is 3. The summed E-state index contributed by atoms with van der Waals surface area (Å²) in [6.07, 6.45) is -2.35. The summed E-state index contributed by atoms with van der Waals surface area (Å²) < 4.78 is 26.0. The maximum atomic E-state index is 12.5. The van der Waals surface area contributed by atoms with Crippen LogP contribution in [0.25, 0.3) is 10.2 Å². The van der Waals surface area contributed by atoms with Crippen molar-refractivity contribution in [3.8, 4) is 0 Å². The van der Waals surface area contributed by atoms with Gasteiger partial charge in [0.05, 0.1) is 16.8 Å². The second-order valence-corrected chi connectivity index (χ2v) is 5.29. The molecule has 0 bridgehead atoms. The number of rotatable bonds is 5. The molecular weight excluding hydrogens is 310 g/mol. The zero-order valence-electron chi connectivity index (χ0n) is 8.94. The second-order valence-electron chi connectivity index (χ2n) is 3.49. The first kappa shape index (κ1) is 12.7. The molecule has 0 saturated carbocycles. The van der Waals surface area contributed by atoms with Crippen LogP contribution in [0, 0.1) is 0 Å². The third-order valence-electron chi connectivity index (χ3n) is 2.27. The molecule has 6 heteroatoms. The molecule has 0 radical (unpaired) electrons. The third kappa shape index (κ3) is 3.13. The molecule has 2 rings (SSSR count). The first-order valence-corrected chi connectivity index (χ1v) is 7.09. The van der Waals surface area contributed by atoms with Gasteiger partial charge in [-0.05, 0) is 12.1 Å². The number of nitrogens with zero attached hydrogens (tertiary/aromatic N) is 2. The van der Waals surface area contributed by atoms with Gasteiger partial charge in [0.2, 0.25) is 0 Å². The van der Waals surface area contributed by atoms with Gasteiger partial charge in [-0.25, -0.2) is 13.8 Å². The molecule has 92 valence electrons. The lowest BCUT2D eigenvalue weighted by Crippen LogP contribution is -2.30. The molecule has 0 aliphatic rings. The Morgan fingerprint density at radius 2 is 2.12 bits per heavy atom. The summed E-state index contributed by atoms with van der Waals surface area (Å²) in [5, 5.41) is 1.31. The van der Waals surface area contributed by atoms with Crippen LogP contribution < -0.4 is 4.90 Å². The highest BCUT2D eigenvalue weighted by Crippen LogP contribution is 2.28. The summed E-state index contributed by atoms with van der Waals surface area (Å²) in [6, 6.07) is 7.66. The van der Waals surface area contributed by atoms with Crippen molar-refractivity contribution < 1.29 is 8.78 Å². The van der Waals surface area contributed by atoms with E-state index in [0.717, 1.165) is 10.2 Å². The molecule has 1 aromatic heterocycles. The molecule has 0 saturated heterocycles. The van der Waals surface area contributed by atoms with E-state index in [9.17, 15) is 8.78 Å². The highest BCUT2D eigenvalue weighted by atomic mass is 79.9. The summed E-state index contributed by atoms with van der Waals surface area (Å²) in [5.74, 6) is 0. The fraction of sp³-hybridized carbons (Fsp3) is 0.364. The van der Waals surface area contributed by atoms with Gasteiger partial charge in [-0.2, -0.15) is 0 Å². The molecule has 2 aromatic rings. The Hall–Kier alpha value is -0.750. The average molecular weight is 321 g/mol. The van der Waals surface area contributed by atoms with Crippen molar-refractivity contribution in [2.75, 3.05) is 23.3 Å². The van der Waals surface area contributed by atoms with E-state index in [1.807, 2.05) is 24.3 Å². The van der Waals surface area contributed by atoms with Crippen molar-refractivity contribution in [2.24, 2.45) is 0 Å². The van der Waals surface area contributed by atoms with E-state index in [1.165, 1.54) is 11.3 Å². The molecule has 0 N–H and O–H groups in total. The fourth-order valence-corrected chi connectivity index (χ4v) is 2.96. The number of anilines is 1. The van der Waals surface area contributed by atoms with E-state index in [4.69, 9.17) is 0 Å². The Balaban J connectivity index is 2.27.